The fraction of sp³-hybridized carbons (Fsp3) is 0.850. The summed E-state index contributed by atoms with van der Waals surface area (Å²) >= 11 is 0. The van der Waals surface area contributed by atoms with Crippen LogP contribution >= 0.6 is 0 Å². The number of hydrogen-bond donors (Lipinski definition) is 0. The summed E-state index contributed by atoms with van der Waals surface area (Å²) < 4.78 is 7.68. The summed E-state index contributed by atoms with van der Waals surface area (Å²) in [7, 11) is 0. The average molecular weight is 323 g/mol. The summed E-state index contributed by atoms with van der Waals surface area (Å²) in [5.41, 5.74) is 0. The molecule has 0 saturated heterocycles. The van der Waals surface area contributed by atoms with E-state index >= 15 is 0 Å². The van der Waals surface area contributed by atoms with Crippen LogP contribution in [0.1, 0.15) is 90.4 Å². The van der Waals surface area contributed by atoms with Crippen molar-refractivity contribution in [1.29, 1.82) is 0 Å². The Bertz CT molecular complexity index is 324. The summed E-state index contributed by atoms with van der Waals surface area (Å²) in [6.07, 6.45) is 23.6. The van der Waals surface area contributed by atoms with Crippen molar-refractivity contribution in [3.05, 3.63) is 18.7 Å². The molecule has 23 heavy (non-hydrogen) atoms. The number of ether oxygens (including phenoxy) is 1. The topological polar surface area (TPSA) is 27.1 Å². The number of hydrogen-bond acceptors (Lipinski definition) is 2. The Morgan fingerprint density at radius 1 is 0.739 bits per heavy atom. The van der Waals surface area contributed by atoms with Gasteiger partial charge >= 0.3 is 0 Å². The Morgan fingerprint density at radius 2 is 1.30 bits per heavy atom. The molecule has 1 rings (SSSR count). The van der Waals surface area contributed by atoms with E-state index in [0.29, 0.717) is 0 Å². The van der Waals surface area contributed by atoms with Crippen LogP contribution in [0.25, 0.3) is 0 Å². The van der Waals surface area contributed by atoms with Gasteiger partial charge in [-0.25, -0.2) is 4.98 Å². The molecule has 0 spiro atoms. The van der Waals surface area contributed by atoms with E-state index in [9.17, 15) is 0 Å². The van der Waals surface area contributed by atoms with Crippen LogP contribution in [-0.2, 0) is 11.3 Å². The smallest absolute Gasteiger partial charge is 0.0945 e. The molecule has 0 aromatic carbocycles. The molecule has 0 N–H and O–H groups in total. The van der Waals surface area contributed by atoms with E-state index in [-0.39, 0.29) is 0 Å². The predicted molar refractivity (Wildman–Crippen MR) is 98.7 cm³/mol. The maximum Gasteiger partial charge on any atom is 0.0945 e. The highest BCUT2D eigenvalue weighted by atomic mass is 16.5. The second kappa shape index (κ2) is 16.0. The molecule has 0 aliphatic carbocycles. The number of rotatable bonds is 17. The molecule has 1 aromatic rings. The molecule has 0 bridgehead atoms. The van der Waals surface area contributed by atoms with Gasteiger partial charge < -0.3 is 9.30 Å². The number of aryl methyl sites for hydroxylation is 1. The lowest BCUT2D eigenvalue weighted by Crippen LogP contribution is -1.95. The lowest BCUT2D eigenvalue weighted by atomic mass is 10.1. The molecule has 0 saturated carbocycles. The Hall–Kier alpha value is -0.830. The minimum Gasteiger partial charge on any atom is -0.381 e. The third-order valence-corrected chi connectivity index (χ3v) is 4.36. The molecule has 3 heteroatoms. The van der Waals surface area contributed by atoms with Crippen molar-refractivity contribution in [2.24, 2.45) is 0 Å². The summed E-state index contributed by atoms with van der Waals surface area (Å²) in [6.45, 7) is 5.20. The van der Waals surface area contributed by atoms with E-state index in [2.05, 4.69) is 22.7 Å². The van der Waals surface area contributed by atoms with Crippen molar-refractivity contribution in [1.82, 2.24) is 9.55 Å². The van der Waals surface area contributed by atoms with Crippen molar-refractivity contribution in [3.63, 3.8) is 0 Å². The summed E-state index contributed by atoms with van der Waals surface area (Å²) in [6, 6.07) is 0. The van der Waals surface area contributed by atoms with Gasteiger partial charge in [0.25, 0.3) is 0 Å². The van der Waals surface area contributed by atoms with Gasteiger partial charge in [-0.05, 0) is 19.3 Å². The Labute approximate surface area is 143 Å². The quantitative estimate of drug-likeness (QED) is 0.329. The zero-order chi connectivity index (χ0) is 16.4. The third-order valence-electron chi connectivity index (χ3n) is 4.36. The highest BCUT2D eigenvalue weighted by Crippen LogP contribution is 2.12. The van der Waals surface area contributed by atoms with E-state index in [4.69, 9.17) is 4.74 Å². The van der Waals surface area contributed by atoms with Crippen molar-refractivity contribution in [3.8, 4) is 0 Å². The predicted octanol–water partition coefficient (Wildman–Crippen LogP) is 5.99. The first kappa shape index (κ1) is 20.2. The molecule has 1 aromatic heterocycles. The fourth-order valence-electron chi connectivity index (χ4n) is 2.93. The van der Waals surface area contributed by atoms with Crippen LogP contribution in [0.4, 0.5) is 0 Å². The van der Waals surface area contributed by atoms with Crippen LogP contribution in [0.5, 0.6) is 0 Å². The van der Waals surface area contributed by atoms with Crippen LogP contribution in [-0.4, -0.2) is 22.8 Å². The molecular weight excluding hydrogens is 284 g/mol. The van der Waals surface area contributed by atoms with Gasteiger partial charge in [0.15, 0.2) is 0 Å². The van der Waals surface area contributed by atoms with Crippen LogP contribution in [0, 0.1) is 0 Å². The molecule has 0 unspecified atom stereocenters. The SMILES string of the molecule is CCCOCCCCCCCCCCCCCCn1ccnc1. The number of unbranched alkanes of at least 4 members (excludes halogenated alkanes) is 11. The largest absolute Gasteiger partial charge is 0.381 e. The molecule has 0 aliphatic heterocycles. The first-order valence-corrected chi connectivity index (χ1v) is 9.97. The van der Waals surface area contributed by atoms with Crippen molar-refractivity contribution < 1.29 is 4.74 Å². The van der Waals surface area contributed by atoms with Gasteiger partial charge in [0.1, 0.15) is 0 Å². The van der Waals surface area contributed by atoms with E-state index in [0.717, 1.165) is 26.2 Å². The van der Waals surface area contributed by atoms with Crippen LogP contribution in [0.15, 0.2) is 18.7 Å². The minimum absolute atomic E-state index is 0.934. The molecule has 0 atom stereocenters. The lowest BCUT2D eigenvalue weighted by molar-refractivity contribution is 0.130. The van der Waals surface area contributed by atoms with Gasteiger partial charge in [0.2, 0.25) is 0 Å². The number of imidazole rings is 1. The third kappa shape index (κ3) is 13.3. The van der Waals surface area contributed by atoms with Gasteiger partial charge in [-0.1, -0.05) is 71.1 Å². The Balaban J connectivity index is 1.67. The average Bonchev–Trinajstić information content (AvgIpc) is 3.08. The summed E-state index contributed by atoms with van der Waals surface area (Å²) in [5.74, 6) is 0. The van der Waals surface area contributed by atoms with Crippen LogP contribution in [0.2, 0.25) is 0 Å². The zero-order valence-corrected chi connectivity index (χ0v) is 15.3. The molecule has 0 amide bonds. The van der Waals surface area contributed by atoms with Crippen molar-refractivity contribution in [2.45, 2.75) is 96.9 Å². The second-order valence-electron chi connectivity index (χ2n) is 6.66. The highest BCUT2D eigenvalue weighted by Gasteiger charge is 1.95. The highest BCUT2D eigenvalue weighted by molar-refractivity contribution is 4.73. The normalized spacial score (nSPS) is 11.2. The van der Waals surface area contributed by atoms with Gasteiger partial charge in [-0.3, -0.25) is 0 Å². The first-order chi connectivity index (χ1) is 11.4. The maximum atomic E-state index is 5.50. The lowest BCUT2D eigenvalue weighted by Gasteiger charge is -2.04. The molecular formula is C20H38N2O. The molecule has 0 fully saturated rings. The van der Waals surface area contributed by atoms with Crippen molar-refractivity contribution in [2.75, 3.05) is 13.2 Å². The number of aromatic nitrogens is 2. The molecule has 0 radical (unpaired) electrons. The van der Waals surface area contributed by atoms with Gasteiger partial charge in [0, 0.05) is 32.2 Å². The van der Waals surface area contributed by atoms with E-state index in [1.165, 1.54) is 77.0 Å². The van der Waals surface area contributed by atoms with Crippen LogP contribution in [0.3, 0.4) is 0 Å². The fourth-order valence-corrected chi connectivity index (χ4v) is 2.93. The molecule has 134 valence electrons. The Morgan fingerprint density at radius 3 is 1.83 bits per heavy atom. The zero-order valence-electron chi connectivity index (χ0n) is 15.3. The minimum atomic E-state index is 0.934. The van der Waals surface area contributed by atoms with E-state index < -0.39 is 0 Å². The summed E-state index contributed by atoms with van der Waals surface area (Å²) in [4.78, 5) is 4.07. The van der Waals surface area contributed by atoms with E-state index in [1.54, 1.807) is 0 Å². The Kier molecular flexibility index (Phi) is 14.1. The van der Waals surface area contributed by atoms with Crippen molar-refractivity contribution >= 4 is 0 Å². The monoisotopic (exact) mass is 322 g/mol. The molecule has 0 aliphatic rings. The van der Waals surface area contributed by atoms with Gasteiger partial charge in [0.05, 0.1) is 6.33 Å². The summed E-state index contributed by atoms with van der Waals surface area (Å²) in [5, 5.41) is 0. The second-order valence-corrected chi connectivity index (χ2v) is 6.66. The molecule has 3 nitrogen and oxygen atoms in total. The number of nitrogens with zero attached hydrogens (tertiary/aromatic N) is 2. The van der Waals surface area contributed by atoms with Gasteiger partial charge in [-0.2, -0.15) is 0 Å². The van der Waals surface area contributed by atoms with Gasteiger partial charge in [-0.15, -0.1) is 0 Å². The molecule has 1 heterocycles. The van der Waals surface area contributed by atoms with E-state index in [1.807, 2.05) is 12.5 Å². The standard InChI is InChI=1S/C20H38N2O/c1-2-18-23-19-14-12-10-8-6-4-3-5-7-9-11-13-16-22-17-15-21-20-22/h15,17,20H,2-14,16,18-19H2,1H3. The van der Waals surface area contributed by atoms with Crippen LogP contribution < -0.4 is 0 Å². The maximum absolute atomic E-state index is 5.50. The first-order valence-electron chi connectivity index (χ1n) is 9.97.